The third kappa shape index (κ3) is 2.17. The molecule has 2 unspecified atom stereocenters. The Morgan fingerprint density at radius 1 is 1.46 bits per heavy atom. The van der Waals surface area contributed by atoms with Gasteiger partial charge in [0.15, 0.2) is 0 Å². The first-order valence-corrected chi connectivity index (χ1v) is 4.01. The van der Waals surface area contributed by atoms with Gasteiger partial charge >= 0.3 is 0 Å². The van der Waals surface area contributed by atoms with Crippen LogP contribution in [0.1, 0.15) is 18.6 Å². The van der Waals surface area contributed by atoms with Gasteiger partial charge in [0.25, 0.3) is 0 Å². The van der Waals surface area contributed by atoms with Crippen molar-refractivity contribution in [2.24, 2.45) is 5.73 Å². The molecule has 5 N–H and O–H groups in total. The lowest BCUT2D eigenvalue weighted by Gasteiger charge is -2.14. The summed E-state index contributed by atoms with van der Waals surface area (Å²) in [5.41, 5.74) is 11.2. The molecule has 0 bridgehead atoms. The van der Waals surface area contributed by atoms with Crippen LogP contribution in [-0.4, -0.2) is 11.1 Å². The van der Waals surface area contributed by atoms with Crippen molar-refractivity contribution in [3.8, 4) is 0 Å². The van der Waals surface area contributed by atoms with Crippen molar-refractivity contribution in [2.45, 2.75) is 19.1 Å². The van der Waals surface area contributed by atoms with E-state index in [1.807, 2.05) is 0 Å². The van der Waals surface area contributed by atoms with Gasteiger partial charge in [0.2, 0.25) is 0 Å². The molecule has 0 saturated carbocycles. The van der Waals surface area contributed by atoms with Crippen molar-refractivity contribution >= 4 is 5.69 Å². The quantitative estimate of drug-likeness (QED) is 0.595. The standard InChI is InChI=1S/C9H13FN2O/c1-5(11)9(13)6-2-3-8(12)7(10)4-6/h2-5,9,13H,11-12H2,1H3. The normalized spacial score (nSPS) is 15.4. The second-order valence-corrected chi connectivity index (χ2v) is 3.08. The molecular weight excluding hydrogens is 171 g/mol. The van der Waals surface area contributed by atoms with Crippen molar-refractivity contribution in [3.63, 3.8) is 0 Å². The van der Waals surface area contributed by atoms with Crippen molar-refractivity contribution in [1.82, 2.24) is 0 Å². The van der Waals surface area contributed by atoms with E-state index in [1.54, 1.807) is 13.0 Å². The second kappa shape index (κ2) is 3.72. The van der Waals surface area contributed by atoms with Gasteiger partial charge in [-0.15, -0.1) is 0 Å². The minimum absolute atomic E-state index is 0.0700. The fourth-order valence-corrected chi connectivity index (χ4v) is 1.03. The average molecular weight is 184 g/mol. The largest absolute Gasteiger partial charge is 0.396 e. The highest BCUT2D eigenvalue weighted by molar-refractivity contribution is 5.41. The third-order valence-corrected chi connectivity index (χ3v) is 1.86. The summed E-state index contributed by atoms with van der Waals surface area (Å²) in [6.45, 7) is 1.65. The molecule has 3 nitrogen and oxygen atoms in total. The SMILES string of the molecule is CC(N)C(O)c1ccc(N)c(F)c1. The summed E-state index contributed by atoms with van der Waals surface area (Å²) in [5, 5.41) is 9.48. The lowest BCUT2D eigenvalue weighted by atomic mass is 10.0. The molecule has 0 fully saturated rings. The molecule has 0 spiro atoms. The van der Waals surface area contributed by atoms with Crippen LogP contribution in [0.2, 0.25) is 0 Å². The zero-order valence-corrected chi connectivity index (χ0v) is 7.37. The molecule has 1 aromatic carbocycles. The monoisotopic (exact) mass is 184 g/mol. The zero-order valence-electron chi connectivity index (χ0n) is 7.37. The number of nitrogen functional groups attached to an aromatic ring is 1. The first-order chi connectivity index (χ1) is 6.02. The van der Waals surface area contributed by atoms with Gasteiger partial charge in [0.1, 0.15) is 5.82 Å². The van der Waals surface area contributed by atoms with E-state index in [0.717, 1.165) is 0 Å². The van der Waals surface area contributed by atoms with Gasteiger partial charge < -0.3 is 16.6 Å². The second-order valence-electron chi connectivity index (χ2n) is 3.08. The van der Waals surface area contributed by atoms with E-state index in [9.17, 15) is 9.50 Å². The summed E-state index contributed by atoms with van der Waals surface area (Å²) >= 11 is 0. The third-order valence-electron chi connectivity index (χ3n) is 1.86. The van der Waals surface area contributed by atoms with Gasteiger partial charge in [-0.3, -0.25) is 0 Å². The Balaban J connectivity index is 2.97. The average Bonchev–Trinajstić information content (AvgIpc) is 2.08. The molecule has 0 radical (unpaired) electrons. The highest BCUT2D eigenvalue weighted by Gasteiger charge is 2.13. The molecule has 1 aromatic rings. The lowest BCUT2D eigenvalue weighted by Crippen LogP contribution is -2.24. The van der Waals surface area contributed by atoms with Gasteiger partial charge in [0, 0.05) is 6.04 Å². The van der Waals surface area contributed by atoms with Crippen LogP contribution >= 0.6 is 0 Å². The number of anilines is 1. The van der Waals surface area contributed by atoms with Gasteiger partial charge in [-0.2, -0.15) is 0 Å². The predicted molar refractivity (Wildman–Crippen MR) is 49.4 cm³/mol. The summed E-state index contributed by atoms with van der Waals surface area (Å²) in [7, 11) is 0. The van der Waals surface area contributed by atoms with Crippen LogP contribution in [0.4, 0.5) is 10.1 Å². The van der Waals surface area contributed by atoms with Crippen molar-refractivity contribution in [3.05, 3.63) is 29.6 Å². The van der Waals surface area contributed by atoms with E-state index in [4.69, 9.17) is 11.5 Å². The summed E-state index contributed by atoms with van der Waals surface area (Å²) in [5.74, 6) is -0.530. The van der Waals surface area contributed by atoms with Crippen molar-refractivity contribution in [1.29, 1.82) is 0 Å². The molecule has 13 heavy (non-hydrogen) atoms. The Morgan fingerprint density at radius 3 is 2.54 bits per heavy atom. The number of hydrogen-bond acceptors (Lipinski definition) is 3. The smallest absolute Gasteiger partial charge is 0.146 e. The number of aliphatic hydroxyl groups excluding tert-OH is 1. The van der Waals surface area contributed by atoms with E-state index >= 15 is 0 Å². The van der Waals surface area contributed by atoms with Crippen LogP contribution in [0.3, 0.4) is 0 Å². The molecule has 0 aromatic heterocycles. The fraction of sp³-hybridized carbons (Fsp3) is 0.333. The number of halogens is 1. The highest BCUT2D eigenvalue weighted by Crippen LogP contribution is 2.19. The lowest BCUT2D eigenvalue weighted by molar-refractivity contribution is 0.153. The Kier molecular flexibility index (Phi) is 2.85. The molecule has 0 heterocycles. The Hall–Kier alpha value is -1.13. The molecule has 0 aliphatic carbocycles. The molecule has 0 saturated heterocycles. The van der Waals surface area contributed by atoms with E-state index in [1.165, 1.54) is 12.1 Å². The van der Waals surface area contributed by atoms with Gasteiger partial charge in [-0.1, -0.05) is 6.07 Å². The summed E-state index contributed by atoms with van der Waals surface area (Å²) in [6, 6.07) is 3.74. The highest BCUT2D eigenvalue weighted by atomic mass is 19.1. The van der Waals surface area contributed by atoms with Crippen LogP contribution < -0.4 is 11.5 Å². The zero-order chi connectivity index (χ0) is 10.0. The van der Waals surface area contributed by atoms with E-state index in [2.05, 4.69) is 0 Å². The fourth-order valence-electron chi connectivity index (χ4n) is 1.03. The summed E-state index contributed by atoms with van der Waals surface area (Å²) in [6.07, 6.45) is -0.852. The summed E-state index contributed by atoms with van der Waals surface area (Å²) in [4.78, 5) is 0. The number of aliphatic hydroxyl groups is 1. The summed E-state index contributed by atoms with van der Waals surface area (Å²) < 4.78 is 12.9. The molecule has 4 heteroatoms. The molecule has 0 amide bonds. The molecule has 0 aliphatic heterocycles. The molecule has 72 valence electrons. The maximum Gasteiger partial charge on any atom is 0.146 e. The first-order valence-electron chi connectivity index (χ1n) is 4.01. The molecule has 1 rings (SSSR count). The number of rotatable bonds is 2. The minimum atomic E-state index is -0.852. The van der Waals surface area contributed by atoms with E-state index in [-0.39, 0.29) is 5.69 Å². The number of benzene rings is 1. The van der Waals surface area contributed by atoms with Crippen molar-refractivity contribution < 1.29 is 9.50 Å². The van der Waals surface area contributed by atoms with Crippen molar-refractivity contribution in [2.75, 3.05) is 5.73 Å². The van der Waals surface area contributed by atoms with Gasteiger partial charge in [0.05, 0.1) is 11.8 Å². The van der Waals surface area contributed by atoms with Gasteiger partial charge in [-0.25, -0.2) is 4.39 Å². The Bertz CT molecular complexity index is 302. The Morgan fingerprint density at radius 2 is 2.08 bits per heavy atom. The van der Waals surface area contributed by atoms with Crippen LogP contribution in [-0.2, 0) is 0 Å². The molecule has 0 aliphatic rings. The number of hydrogen-bond donors (Lipinski definition) is 3. The van der Waals surface area contributed by atoms with E-state index in [0.29, 0.717) is 5.56 Å². The van der Waals surface area contributed by atoms with E-state index < -0.39 is 18.0 Å². The number of nitrogens with two attached hydrogens (primary N) is 2. The van der Waals surface area contributed by atoms with Crippen LogP contribution in [0.5, 0.6) is 0 Å². The topological polar surface area (TPSA) is 72.3 Å². The van der Waals surface area contributed by atoms with Crippen LogP contribution in [0.25, 0.3) is 0 Å². The van der Waals surface area contributed by atoms with Gasteiger partial charge in [-0.05, 0) is 24.6 Å². The maximum absolute atomic E-state index is 12.9. The maximum atomic E-state index is 12.9. The first kappa shape index (κ1) is 9.95. The van der Waals surface area contributed by atoms with Crippen LogP contribution in [0.15, 0.2) is 18.2 Å². The molecular formula is C9H13FN2O. The molecule has 2 atom stereocenters. The Labute approximate surface area is 76.2 Å². The minimum Gasteiger partial charge on any atom is -0.396 e. The predicted octanol–water partition coefficient (Wildman–Crippen LogP) is 0.789. The van der Waals surface area contributed by atoms with Crippen LogP contribution in [0, 0.1) is 5.82 Å².